The van der Waals surface area contributed by atoms with Crippen LogP contribution in [0.5, 0.6) is 0 Å². The third kappa shape index (κ3) is 13.2. The Morgan fingerprint density at radius 1 is 0.724 bits per heavy atom. The molecule has 4 heterocycles. The van der Waals surface area contributed by atoms with Gasteiger partial charge in [-0.05, 0) is 107 Å². The molecule has 3 saturated carbocycles. The molecule has 322 valence electrons. The molecule has 2 saturated heterocycles. The highest BCUT2D eigenvalue weighted by molar-refractivity contribution is 7.94. The third-order valence-corrected chi connectivity index (χ3v) is 14.2. The van der Waals surface area contributed by atoms with Crippen LogP contribution in [0.3, 0.4) is 0 Å². The van der Waals surface area contributed by atoms with Gasteiger partial charge in [-0.25, -0.2) is 9.97 Å². The standard InChI is InChI=1S/C25H39FN4OS.C19H29FN4OS/c1-2-20-17-21-7-6-10-25(18-20,19-21)24(31)27-11-3-4-12-29-13-15-30(16-14-29)22-8-5-9-23(28-22)32-26;20-26-18-9-4-8-17(22-18)24-14-12-23(13-15-24)11-5-10-21-19(25)16-6-2-1-3-7-16/h5,8-9,20-21H,2-4,6-7,10-19H2,1H3,(H,27,31);4,8-9,16H,1-3,5-7,10-15H2,(H,21,25). The third-order valence-electron chi connectivity index (χ3n) is 13.4. The average Bonchev–Trinajstić information content (AvgIpc) is 3.28. The number of nitrogens with zero attached hydrogens (tertiary/aromatic N) is 6. The maximum absolute atomic E-state index is 13.1. The van der Waals surface area contributed by atoms with Gasteiger partial charge in [0, 0.05) is 76.8 Å². The van der Waals surface area contributed by atoms with Gasteiger partial charge < -0.3 is 20.4 Å². The van der Waals surface area contributed by atoms with Crippen LogP contribution in [-0.2, 0) is 9.59 Å². The van der Waals surface area contributed by atoms with E-state index in [0.29, 0.717) is 16.0 Å². The summed E-state index contributed by atoms with van der Waals surface area (Å²) in [6.45, 7) is 13.6. The molecule has 3 aliphatic carbocycles. The molecule has 2 amide bonds. The van der Waals surface area contributed by atoms with Crippen molar-refractivity contribution in [2.45, 2.75) is 113 Å². The van der Waals surface area contributed by atoms with E-state index in [9.17, 15) is 17.4 Å². The first-order chi connectivity index (χ1) is 28.4. The number of rotatable bonds is 16. The Morgan fingerprint density at radius 3 is 1.90 bits per heavy atom. The first-order valence-corrected chi connectivity index (χ1v) is 23.8. The number of amides is 2. The molecule has 10 nitrogen and oxygen atoms in total. The summed E-state index contributed by atoms with van der Waals surface area (Å²) in [5.74, 6) is 4.09. The molecule has 2 N–H and O–H groups in total. The van der Waals surface area contributed by atoms with Gasteiger partial charge in [-0.15, -0.1) is 0 Å². The monoisotopic (exact) mass is 842 g/mol. The van der Waals surface area contributed by atoms with Gasteiger partial charge in [-0.1, -0.05) is 57.6 Å². The predicted octanol–water partition coefficient (Wildman–Crippen LogP) is 8.34. The van der Waals surface area contributed by atoms with Crippen LogP contribution >= 0.6 is 24.3 Å². The van der Waals surface area contributed by atoms with Crippen molar-refractivity contribution in [3.63, 3.8) is 0 Å². The number of carbonyl (C=O) groups is 2. The normalized spacial score (nSPS) is 24.5. The number of carbonyl (C=O) groups excluding carboxylic acids is 2. The van der Waals surface area contributed by atoms with E-state index in [1.54, 1.807) is 12.1 Å². The Morgan fingerprint density at radius 2 is 1.31 bits per heavy atom. The second kappa shape index (κ2) is 23.4. The Bertz CT molecular complexity index is 1560. The lowest BCUT2D eigenvalue weighted by molar-refractivity contribution is -0.138. The second-order valence-electron chi connectivity index (χ2n) is 17.4. The van der Waals surface area contributed by atoms with E-state index >= 15 is 0 Å². The van der Waals surface area contributed by atoms with Crippen molar-refractivity contribution in [3.8, 4) is 0 Å². The minimum atomic E-state index is -0.0653. The number of halogens is 2. The Hall–Kier alpha value is -2.68. The molecule has 0 aromatic carbocycles. The highest BCUT2D eigenvalue weighted by Crippen LogP contribution is 2.51. The number of nitrogens with one attached hydrogen (secondary N) is 2. The molecule has 7 rings (SSSR count). The number of piperazine rings is 2. The van der Waals surface area contributed by atoms with Gasteiger partial charge in [-0.3, -0.25) is 19.4 Å². The molecule has 2 aromatic rings. The molecule has 0 radical (unpaired) electrons. The number of pyridine rings is 2. The molecule has 2 aliphatic heterocycles. The SMILES string of the molecule is CCC1CC2CCCC(C(=O)NCCCCN3CCN(c4cccc(SF)n4)CC3)(C1)C2.O=C(NCCCN1CCN(c2cccc(SF)n2)CC1)C1CCCCC1. The van der Waals surface area contributed by atoms with Crippen molar-refractivity contribution in [1.29, 1.82) is 0 Å². The van der Waals surface area contributed by atoms with Crippen LogP contribution in [0.25, 0.3) is 0 Å². The maximum Gasteiger partial charge on any atom is 0.226 e. The minimum Gasteiger partial charge on any atom is -0.356 e. The van der Waals surface area contributed by atoms with Crippen molar-refractivity contribution >= 4 is 47.7 Å². The van der Waals surface area contributed by atoms with E-state index in [-0.39, 0.29) is 41.5 Å². The summed E-state index contributed by atoms with van der Waals surface area (Å²) in [6.07, 6.45) is 17.4. The molecule has 5 aliphatic rings. The highest BCUT2D eigenvalue weighted by Gasteiger charge is 2.47. The summed E-state index contributed by atoms with van der Waals surface area (Å²) in [6, 6.07) is 11.0. The van der Waals surface area contributed by atoms with Gasteiger partial charge >= 0.3 is 0 Å². The first-order valence-electron chi connectivity index (χ1n) is 22.4. The zero-order valence-electron chi connectivity index (χ0n) is 34.9. The lowest BCUT2D eigenvalue weighted by Crippen LogP contribution is -2.48. The van der Waals surface area contributed by atoms with Gasteiger partial charge in [0.1, 0.15) is 46.0 Å². The van der Waals surface area contributed by atoms with Crippen molar-refractivity contribution in [3.05, 3.63) is 36.4 Å². The Labute approximate surface area is 355 Å². The lowest BCUT2D eigenvalue weighted by Gasteiger charge is -2.47. The average molecular weight is 843 g/mol. The van der Waals surface area contributed by atoms with Crippen LogP contribution in [0.15, 0.2) is 46.5 Å². The van der Waals surface area contributed by atoms with E-state index in [4.69, 9.17) is 0 Å². The maximum atomic E-state index is 13.1. The molecule has 3 atom stereocenters. The number of unbranched alkanes of at least 4 members (excludes halogenated alkanes) is 1. The summed E-state index contributed by atoms with van der Waals surface area (Å²) >= 11 is 0.392. The summed E-state index contributed by atoms with van der Waals surface area (Å²) in [5.41, 5.74) is -0.0653. The fraction of sp³-hybridized carbons (Fsp3) is 0.727. The van der Waals surface area contributed by atoms with Crippen LogP contribution in [-0.4, -0.2) is 110 Å². The fourth-order valence-corrected chi connectivity index (χ4v) is 10.6. The largest absolute Gasteiger partial charge is 0.356 e. The Balaban J connectivity index is 0.000000200. The van der Waals surface area contributed by atoms with Crippen LogP contribution in [0.2, 0.25) is 0 Å². The minimum absolute atomic E-state index is 0.0653. The second-order valence-corrected chi connectivity index (χ2v) is 18.5. The van der Waals surface area contributed by atoms with Crippen molar-refractivity contribution in [2.75, 3.05) is 88.3 Å². The molecule has 0 spiro atoms. The van der Waals surface area contributed by atoms with E-state index < -0.39 is 0 Å². The molecule has 5 fully saturated rings. The van der Waals surface area contributed by atoms with E-state index in [2.05, 4.69) is 47.1 Å². The van der Waals surface area contributed by atoms with E-state index in [0.717, 1.165) is 153 Å². The summed E-state index contributed by atoms with van der Waals surface area (Å²) in [7, 11) is 0. The summed E-state index contributed by atoms with van der Waals surface area (Å²) in [5, 5.41) is 7.27. The molecule has 3 unspecified atom stereocenters. The topological polar surface area (TPSA) is 96.9 Å². The van der Waals surface area contributed by atoms with Gasteiger partial charge in [0.05, 0.1) is 0 Å². The molecule has 2 aromatic heterocycles. The van der Waals surface area contributed by atoms with E-state index in [1.165, 1.54) is 44.9 Å². The quantitative estimate of drug-likeness (QED) is 0.161. The number of aromatic nitrogens is 2. The zero-order chi connectivity index (χ0) is 40.6. The first kappa shape index (κ1) is 44.9. The zero-order valence-corrected chi connectivity index (χ0v) is 36.5. The van der Waals surface area contributed by atoms with Gasteiger partial charge in [-0.2, -0.15) is 7.77 Å². The highest BCUT2D eigenvalue weighted by atomic mass is 32.2. The van der Waals surface area contributed by atoms with Crippen molar-refractivity contribution in [2.24, 2.45) is 23.2 Å². The van der Waals surface area contributed by atoms with Crippen LogP contribution in [0.1, 0.15) is 103 Å². The number of fused-ring (bicyclic) bond motifs is 2. The molecular weight excluding hydrogens is 775 g/mol. The van der Waals surface area contributed by atoms with Crippen LogP contribution < -0.4 is 20.4 Å². The number of anilines is 2. The van der Waals surface area contributed by atoms with Crippen LogP contribution in [0, 0.1) is 23.2 Å². The van der Waals surface area contributed by atoms with Crippen LogP contribution in [0.4, 0.5) is 19.4 Å². The summed E-state index contributed by atoms with van der Waals surface area (Å²) in [4.78, 5) is 43.3. The molecule has 58 heavy (non-hydrogen) atoms. The number of hydrogen-bond acceptors (Lipinski definition) is 10. The van der Waals surface area contributed by atoms with Gasteiger partial charge in [0.15, 0.2) is 0 Å². The lowest BCUT2D eigenvalue weighted by atomic mass is 9.58. The fourth-order valence-electron chi connectivity index (χ4n) is 10.1. The number of hydrogen-bond donors (Lipinski definition) is 2. The Kier molecular flexibility index (Phi) is 18.1. The molecule has 2 bridgehead atoms. The van der Waals surface area contributed by atoms with Gasteiger partial charge in [0.2, 0.25) is 11.8 Å². The van der Waals surface area contributed by atoms with Crippen molar-refractivity contribution in [1.82, 2.24) is 30.4 Å². The van der Waals surface area contributed by atoms with E-state index in [1.807, 2.05) is 24.3 Å². The molecule has 14 heteroatoms. The molecular formula is C44H68F2N8O2S2. The van der Waals surface area contributed by atoms with Gasteiger partial charge in [0.25, 0.3) is 0 Å². The predicted molar refractivity (Wildman–Crippen MR) is 234 cm³/mol. The smallest absolute Gasteiger partial charge is 0.226 e. The van der Waals surface area contributed by atoms with Crippen molar-refractivity contribution < 1.29 is 17.4 Å². The summed E-state index contributed by atoms with van der Waals surface area (Å²) < 4.78 is 25.5.